The Bertz CT molecular complexity index is 829. The largest absolute Gasteiger partial charge is 0.489 e. The quantitative estimate of drug-likeness (QED) is 0.560. The van der Waals surface area contributed by atoms with Crippen LogP contribution < -0.4 is 4.74 Å². The zero-order valence-electron chi connectivity index (χ0n) is 13.7. The van der Waals surface area contributed by atoms with Crippen LogP contribution in [0.1, 0.15) is 12.5 Å². The predicted molar refractivity (Wildman–Crippen MR) is 104 cm³/mol. The van der Waals surface area contributed by atoms with E-state index in [4.69, 9.17) is 4.74 Å². The van der Waals surface area contributed by atoms with Crippen molar-refractivity contribution in [3.63, 3.8) is 0 Å². The fourth-order valence-electron chi connectivity index (χ4n) is 2.24. The van der Waals surface area contributed by atoms with E-state index in [1.165, 1.54) is 23.1 Å². The van der Waals surface area contributed by atoms with E-state index in [-0.39, 0.29) is 5.91 Å². The van der Waals surface area contributed by atoms with Gasteiger partial charge in [-0.05, 0) is 30.8 Å². The van der Waals surface area contributed by atoms with Crippen LogP contribution in [0.5, 0.6) is 5.75 Å². The molecule has 0 aliphatic carbocycles. The number of rotatable bonds is 6. The van der Waals surface area contributed by atoms with Crippen LogP contribution in [-0.4, -0.2) is 34.1 Å². The Labute approximate surface area is 154 Å². The van der Waals surface area contributed by atoms with E-state index < -0.39 is 0 Å². The molecule has 2 heterocycles. The van der Waals surface area contributed by atoms with Crippen LogP contribution in [0.2, 0.25) is 0 Å². The predicted octanol–water partition coefficient (Wildman–Crippen LogP) is 4.33. The maximum atomic E-state index is 12.7. The maximum Gasteiger partial charge on any atom is 0.266 e. The molecule has 1 aliphatic heterocycles. The maximum absolute atomic E-state index is 12.7. The molecule has 0 saturated carbocycles. The minimum atomic E-state index is -0.0543. The normalized spacial score (nSPS) is 17.5. The summed E-state index contributed by atoms with van der Waals surface area (Å²) in [7, 11) is 0. The molecule has 1 fully saturated rings. The fraction of sp³-hybridized carbons (Fsp3) is 0.167. The van der Waals surface area contributed by atoms with E-state index in [0.29, 0.717) is 28.4 Å². The lowest BCUT2D eigenvalue weighted by molar-refractivity contribution is -0.122. The van der Waals surface area contributed by atoms with Crippen LogP contribution in [0.3, 0.4) is 0 Å². The Hall–Kier alpha value is -2.38. The number of aromatic nitrogens is 1. The number of aliphatic imine (C=N–C) groups is 1. The number of benzene rings is 1. The molecule has 0 unspecified atom stereocenters. The first-order valence-electron chi connectivity index (χ1n) is 7.75. The first-order valence-corrected chi connectivity index (χ1v) is 9.45. The molecule has 2 aromatic rings. The SMILES string of the molecule is C=CCOc1ccccc1/C=C1\S/C(=N/c2nccs2)N(CC)C1=O. The smallest absolute Gasteiger partial charge is 0.266 e. The second-order valence-electron chi connectivity index (χ2n) is 5.01. The minimum Gasteiger partial charge on any atom is -0.489 e. The monoisotopic (exact) mass is 371 g/mol. The molecule has 5 nitrogen and oxygen atoms in total. The van der Waals surface area contributed by atoms with Gasteiger partial charge in [-0.2, -0.15) is 4.99 Å². The number of amidine groups is 1. The molecule has 0 radical (unpaired) electrons. The van der Waals surface area contributed by atoms with Gasteiger partial charge < -0.3 is 4.74 Å². The van der Waals surface area contributed by atoms with Gasteiger partial charge in [-0.15, -0.1) is 11.3 Å². The Kier molecular flexibility index (Phi) is 5.67. The molecule has 1 aromatic heterocycles. The van der Waals surface area contributed by atoms with E-state index in [2.05, 4.69) is 16.6 Å². The molecule has 128 valence electrons. The van der Waals surface area contributed by atoms with Gasteiger partial charge in [0, 0.05) is 23.7 Å². The molecule has 1 amide bonds. The number of para-hydroxylation sites is 1. The summed E-state index contributed by atoms with van der Waals surface area (Å²) in [6.45, 7) is 6.56. The summed E-state index contributed by atoms with van der Waals surface area (Å²) in [5.74, 6) is 0.665. The summed E-state index contributed by atoms with van der Waals surface area (Å²) in [5, 5.41) is 3.16. The van der Waals surface area contributed by atoms with Crippen molar-refractivity contribution in [1.29, 1.82) is 0 Å². The fourth-order valence-corrected chi connectivity index (χ4v) is 3.84. The van der Waals surface area contributed by atoms with E-state index in [1.54, 1.807) is 17.2 Å². The van der Waals surface area contributed by atoms with Gasteiger partial charge in [0.15, 0.2) is 5.17 Å². The lowest BCUT2D eigenvalue weighted by Gasteiger charge is -2.11. The second kappa shape index (κ2) is 8.13. The molecule has 0 bridgehead atoms. The number of nitrogens with zero attached hydrogens (tertiary/aromatic N) is 3. The number of carbonyl (C=O) groups excluding carboxylic acids is 1. The molecule has 0 spiro atoms. The van der Waals surface area contributed by atoms with E-state index in [0.717, 1.165) is 11.3 Å². The first-order chi connectivity index (χ1) is 12.2. The highest BCUT2D eigenvalue weighted by atomic mass is 32.2. The standard InChI is InChI=1S/C18H17N3O2S2/c1-3-10-23-14-8-6-5-7-13(14)12-15-16(22)21(4-2)18(25-15)20-17-19-9-11-24-17/h3,5-9,11-12H,1,4,10H2,2H3/b15-12-,20-18+. The van der Waals surface area contributed by atoms with E-state index in [1.807, 2.05) is 42.6 Å². The molecular weight excluding hydrogens is 354 g/mol. The first kappa shape index (κ1) is 17.4. The number of likely N-dealkylation sites (N-methyl/N-ethyl adjacent to an activating group) is 1. The van der Waals surface area contributed by atoms with Crippen molar-refractivity contribution in [3.05, 3.63) is 59.0 Å². The second-order valence-corrected chi connectivity index (χ2v) is 6.89. The van der Waals surface area contributed by atoms with Crippen molar-refractivity contribution in [2.45, 2.75) is 6.92 Å². The summed E-state index contributed by atoms with van der Waals surface area (Å²) in [6, 6.07) is 7.62. The lowest BCUT2D eigenvalue weighted by Crippen LogP contribution is -2.28. The molecule has 0 N–H and O–H groups in total. The van der Waals surface area contributed by atoms with Gasteiger partial charge in [0.1, 0.15) is 12.4 Å². The molecule has 7 heteroatoms. The van der Waals surface area contributed by atoms with Gasteiger partial charge in [0.25, 0.3) is 5.91 Å². The molecular formula is C18H17N3O2S2. The average molecular weight is 371 g/mol. The van der Waals surface area contributed by atoms with Crippen molar-refractivity contribution in [2.75, 3.05) is 13.2 Å². The third-order valence-corrected chi connectivity index (χ3v) is 5.05. The van der Waals surface area contributed by atoms with Crippen LogP contribution in [0.25, 0.3) is 6.08 Å². The number of hydrogen-bond donors (Lipinski definition) is 0. The van der Waals surface area contributed by atoms with E-state index in [9.17, 15) is 4.79 Å². The van der Waals surface area contributed by atoms with Crippen molar-refractivity contribution in [1.82, 2.24) is 9.88 Å². The van der Waals surface area contributed by atoms with Gasteiger partial charge in [-0.25, -0.2) is 4.98 Å². The molecule has 3 rings (SSSR count). The number of ether oxygens (including phenoxy) is 1. The topological polar surface area (TPSA) is 54.8 Å². The summed E-state index contributed by atoms with van der Waals surface area (Å²) in [6.07, 6.45) is 5.24. The van der Waals surface area contributed by atoms with Crippen LogP contribution in [-0.2, 0) is 4.79 Å². The summed E-state index contributed by atoms with van der Waals surface area (Å²) in [5.41, 5.74) is 0.853. The van der Waals surface area contributed by atoms with E-state index >= 15 is 0 Å². The summed E-state index contributed by atoms with van der Waals surface area (Å²) >= 11 is 2.80. The number of carbonyl (C=O) groups is 1. The number of thioether (sulfide) groups is 1. The van der Waals surface area contributed by atoms with Crippen LogP contribution in [0.4, 0.5) is 5.13 Å². The summed E-state index contributed by atoms with van der Waals surface area (Å²) < 4.78 is 5.66. The van der Waals surface area contributed by atoms with Crippen LogP contribution in [0, 0.1) is 0 Å². The van der Waals surface area contributed by atoms with Crippen molar-refractivity contribution in [2.24, 2.45) is 4.99 Å². The molecule has 25 heavy (non-hydrogen) atoms. The highest BCUT2D eigenvalue weighted by Gasteiger charge is 2.32. The Morgan fingerprint density at radius 1 is 1.40 bits per heavy atom. The Balaban J connectivity index is 1.91. The molecule has 1 saturated heterocycles. The van der Waals surface area contributed by atoms with Crippen molar-refractivity contribution < 1.29 is 9.53 Å². The van der Waals surface area contributed by atoms with Gasteiger partial charge in [-0.1, -0.05) is 30.9 Å². The Morgan fingerprint density at radius 2 is 2.24 bits per heavy atom. The third-order valence-electron chi connectivity index (χ3n) is 3.38. The summed E-state index contributed by atoms with van der Waals surface area (Å²) in [4.78, 5) is 23.6. The number of hydrogen-bond acceptors (Lipinski definition) is 6. The minimum absolute atomic E-state index is 0.0543. The molecule has 1 aromatic carbocycles. The molecule has 1 aliphatic rings. The number of thiazole rings is 1. The van der Waals surface area contributed by atoms with Crippen molar-refractivity contribution >= 4 is 45.4 Å². The van der Waals surface area contributed by atoms with Crippen LogP contribution in [0.15, 0.2) is 58.4 Å². The zero-order chi connectivity index (χ0) is 17.6. The lowest BCUT2D eigenvalue weighted by atomic mass is 10.2. The highest BCUT2D eigenvalue weighted by Crippen LogP contribution is 2.35. The highest BCUT2D eigenvalue weighted by molar-refractivity contribution is 8.18. The van der Waals surface area contributed by atoms with Gasteiger partial charge in [-0.3, -0.25) is 9.69 Å². The zero-order valence-corrected chi connectivity index (χ0v) is 15.3. The van der Waals surface area contributed by atoms with Crippen molar-refractivity contribution in [3.8, 4) is 5.75 Å². The van der Waals surface area contributed by atoms with Gasteiger partial charge >= 0.3 is 0 Å². The number of amides is 1. The van der Waals surface area contributed by atoms with Crippen LogP contribution >= 0.6 is 23.1 Å². The average Bonchev–Trinajstić information content (AvgIpc) is 3.23. The van der Waals surface area contributed by atoms with Gasteiger partial charge in [0.2, 0.25) is 5.13 Å². The third kappa shape index (κ3) is 4.00. The Morgan fingerprint density at radius 3 is 2.96 bits per heavy atom. The van der Waals surface area contributed by atoms with Gasteiger partial charge in [0.05, 0.1) is 4.91 Å². The molecule has 0 atom stereocenters.